The van der Waals surface area contributed by atoms with Crippen LogP contribution in [0.3, 0.4) is 0 Å². The zero-order valence-electron chi connectivity index (χ0n) is 18.0. The lowest BCUT2D eigenvalue weighted by Crippen LogP contribution is -2.46. The molecule has 32 heavy (non-hydrogen) atoms. The van der Waals surface area contributed by atoms with E-state index >= 15 is 4.39 Å². The number of nitrogens with one attached hydrogen (secondary N) is 1. The van der Waals surface area contributed by atoms with Gasteiger partial charge in [0, 0.05) is 26.3 Å². The maximum atomic E-state index is 15.2. The molecule has 10 heteroatoms. The third kappa shape index (κ3) is 4.37. The summed E-state index contributed by atoms with van der Waals surface area (Å²) in [5.41, 5.74) is 2.55. The molecule has 2 aromatic carbocycles. The number of carbonyl (C=O) groups excluding carboxylic acids is 1. The van der Waals surface area contributed by atoms with Crippen LogP contribution in [0.5, 0.6) is 0 Å². The van der Waals surface area contributed by atoms with Gasteiger partial charge in [-0.25, -0.2) is 18.4 Å². The number of hydrogen-bond acceptors (Lipinski definition) is 5. The van der Waals surface area contributed by atoms with Crippen molar-refractivity contribution >= 4 is 38.3 Å². The van der Waals surface area contributed by atoms with Crippen LogP contribution >= 0.6 is 11.6 Å². The molecular weight excluding hydrogens is 455 g/mol. The number of hydrogen-bond donors (Lipinski definition) is 1. The summed E-state index contributed by atoms with van der Waals surface area (Å²) in [5, 5.41) is 0.0324. The Kier molecular flexibility index (Phi) is 6.00. The number of nitrogens with zero attached hydrogens (tertiary/aromatic N) is 3. The molecule has 1 aromatic heterocycles. The van der Waals surface area contributed by atoms with Crippen molar-refractivity contribution in [2.24, 2.45) is 0 Å². The van der Waals surface area contributed by atoms with Gasteiger partial charge in [0.1, 0.15) is 11.6 Å². The summed E-state index contributed by atoms with van der Waals surface area (Å²) < 4.78 is 42.8. The molecule has 0 radical (unpaired) electrons. The average molecular weight is 479 g/mol. The predicted molar refractivity (Wildman–Crippen MR) is 122 cm³/mol. The van der Waals surface area contributed by atoms with Gasteiger partial charge in [0.05, 0.1) is 55.5 Å². The minimum absolute atomic E-state index is 0.0205. The molecular formula is C22H24ClFN4O3S. The Morgan fingerprint density at radius 2 is 2.12 bits per heavy atom. The smallest absolute Gasteiger partial charge is 0.219 e. The van der Waals surface area contributed by atoms with Crippen molar-refractivity contribution in [3.05, 3.63) is 46.7 Å². The van der Waals surface area contributed by atoms with Crippen molar-refractivity contribution in [2.75, 3.05) is 26.0 Å². The number of amides is 1. The van der Waals surface area contributed by atoms with E-state index in [1.165, 1.54) is 19.2 Å². The Morgan fingerprint density at radius 1 is 1.38 bits per heavy atom. The monoisotopic (exact) mass is 478 g/mol. The summed E-state index contributed by atoms with van der Waals surface area (Å²) >= 11 is 6.43. The second-order valence-electron chi connectivity index (χ2n) is 8.10. The number of benzene rings is 2. The molecule has 4 rings (SSSR count). The number of aryl methyl sites for hydroxylation is 1. The number of rotatable bonds is 4. The van der Waals surface area contributed by atoms with Crippen LogP contribution in [0.25, 0.3) is 22.4 Å². The molecule has 2 atom stereocenters. The fraction of sp³-hybridized carbons (Fsp3) is 0.364. The number of halogens is 2. The van der Waals surface area contributed by atoms with E-state index in [0.29, 0.717) is 37.6 Å². The van der Waals surface area contributed by atoms with Gasteiger partial charge in [-0.3, -0.25) is 4.79 Å². The Bertz CT molecular complexity index is 1300. The number of morpholine rings is 1. The van der Waals surface area contributed by atoms with Gasteiger partial charge in [0.25, 0.3) is 0 Å². The largest absolute Gasteiger partial charge is 0.373 e. The van der Waals surface area contributed by atoms with E-state index in [2.05, 4.69) is 4.98 Å². The van der Waals surface area contributed by atoms with Gasteiger partial charge in [0.15, 0.2) is 0 Å². The van der Waals surface area contributed by atoms with E-state index in [1.54, 1.807) is 4.90 Å². The third-order valence-corrected chi connectivity index (χ3v) is 7.00. The van der Waals surface area contributed by atoms with E-state index < -0.39 is 15.5 Å². The van der Waals surface area contributed by atoms with Crippen LogP contribution in [-0.4, -0.2) is 56.6 Å². The molecule has 1 N–H and O–H groups in total. The second kappa shape index (κ2) is 8.46. The van der Waals surface area contributed by atoms with Crippen LogP contribution in [0.15, 0.2) is 35.2 Å². The highest BCUT2D eigenvalue weighted by Gasteiger charge is 2.26. The van der Waals surface area contributed by atoms with Gasteiger partial charge in [-0.1, -0.05) is 17.7 Å². The number of carbonyl (C=O) groups is 1. The number of ether oxygens (including phenoxy) is 1. The van der Waals surface area contributed by atoms with E-state index in [4.69, 9.17) is 21.1 Å². The van der Waals surface area contributed by atoms with Crippen LogP contribution in [0.1, 0.15) is 12.5 Å². The lowest BCUT2D eigenvalue weighted by molar-refractivity contribution is -0.136. The maximum Gasteiger partial charge on any atom is 0.219 e. The van der Waals surface area contributed by atoms with E-state index in [9.17, 15) is 9.00 Å². The summed E-state index contributed by atoms with van der Waals surface area (Å²) in [6.07, 6.45) is 0.922. The van der Waals surface area contributed by atoms with Crippen molar-refractivity contribution in [3.8, 4) is 11.4 Å². The van der Waals surface area contributed by atoms with Gasteiger partial charge in [-0.15, -0.1) is 0 Å². The summed E-state index contributed by atoms with van der Waals surface area (Å²) in [7, 11) is -3.13. The second-order valence-corrected chi connectivity index (χ2v) is 10.7. The standard InChI is InChI=1S/C22H24ClFN4O3S/c1-13-4-5-20-19(8-13)26-22(21-17(23)9-16(10-18(21)24)32(3,25)30)28(20)12-15-11-27(14(2)29)6-7-31-15/h4-5,8-10,15,25H,6-7,11-12H2,1-3H3/t15-,32?/m1/s1. The first-order valence-electron chi connectivity index (χ1n) is 10.1. The molecule has 0 bridgehead atoms. The number of imidazole rings is 1. The number of fused-ring (bicyclic) bond motifs is 1. The molecule has 2 heterocycles. The predicted octanol–water partition coefficient (Wildman–Crippen LogP) is 4.09. The molecule has 1 aliphatic heterocycles. The molecule has 3 aromatic rings. The molecule has 0 saturated carbocycles. The molecule has 1 aliphatic rings. The SMILES string of the molecule is CC(=O)N1CCO[C@@H](Cn2c(-c3c(F)cc(S(C)(=N)=O)cc3Cl)nc3cc(C)ccc32)C1. The van der Waals surface area contributed by atoms with Crippen molar-refractivity contribution < 1.29 is 18.1 Å². The summed E-state index contributed by atoms with van der Waals surface area (Å²) in [4.78, 5) is 18.2. The van der Waals surface area contributed by atoms with Crippen LogP contribution in [0, 0.1) is 17.5 Å². The minimum Gasteiger partial charge on any atom is -0.373 e. The maximum absolute atomic E-state index is 15.2. The average Bonchev–Trinajstić information content (AvgIpc) is 3.04. The molecule has 7 nitrogen and oxygen atoms in total. The Labute approximate surface area is 191 Å². The summed E-state index contributed by atoms with van der Waals surface area (Å²) in [6.45, 7) is 5.20. The first kappa shape index (κ1) is 22.7. The van der Waals surface area contributed by atoms with Gasteiger partial charge in [0.2, 0.25) is 5.91 Å². The Morgan fingerprint density at radius 3 is 2.78 bits per heavy atom. The molecule has 170 valence electrons. The normalized spacial score (nSPS) is 18.7. The molecule has 0 spiro atoms. The van der Waals surface area contributed by atoms with Gasteiger partial charge in [-0.2, -0.15) is 0 Å². The lowest BCUT2D eigenvalue weighted by Gasteiger charge is -2.32. The molecule has 1 fully saturated rings. The van der Waals surface area contributed by atoms with Crippen molar-refractivity contribution in [1.29, 1.82) is 4.78 Å². The van der Waals surface area contributed by atoms with Gasteiger partial charge < -0.3 is 14.2 Å². The van der Waals surface area contributed by atoms with Crippen molar-refractivity contribution in [1.82, 2.24) is 14.5 Å². The lowest BCUT2D eigenvalue weighted by atomic mass is 10.2. The van der Waals surface area contributed by atoms with Crippen LogP contribution < -0.4 is 0 Å². The fourth-order valence-corrected chi connectivity index (χ4v) is 4.95. The van der Waals surface area contributed by atoms with Crippen LogP contribution in [0.4, 0.5) is 4.39 Å². The molecule has 1 saturated heterocycles. The third-order valence-electron chi connectivity index (χ3n) is 5.56. The van der Waals surface area contributed by atoms with Gasteiger partial charge in [-0.05, 0) is 36.8 Å². The van der Waals surface area contributed by atoms with E-state index in [1.807, 2.05) is 29.7 Å². The Hall–Kier alpha value is -2.49. The van der Waals surface area contributed by atoms with Crippen molar-refractivity contribution in [3.63, 3.8) is 0 Å². The zero-order chi connectivity index (χ0) is 23.2. The first-order valence-corrected chi connectivity index (χ1v) is 12.5. The molecule has 1 unspecified atom stereocenters. The fourth-order valence-electron chi connectivity index (χ4n) is 3.92. The Balaban J connectivity index is 1.85. The van der Waals surface area contributed by atoms with E-state index in [0.717, 1.165) is 17.1 Å². The zero-order valence-corrected chi connectivity index (χ0v) is 19.6. The quantitative estimate of drug-likeness (QED) is 0.611. The topological polar surface area (TPSA) is 88.3 Å². The summed E-state index contributed by atoms with van der Waals surface area (Å²) in [6, 6.07) is 8.21. The van der Waals surface area contributed by atoms with Crippen LogP contribution in [0.2, 0.25) is 5.02 Å². The van der Waals surface area contributed by atoms with Crippen LogP contribution in [-0.2, 0) is 25.8 Å². The van der Waals surface area contributed by atoms with Gasteiger partial charge >= 0.3 is 0 Å². The highest BCUT2D eigenvalue weighted by atomic mass is 35.5. The molecule has 0 aliphatic carbocycles. The highest BCUT2D eigenvalue weighted by Crippen LogP contribution is 2.35. The highest BCUT2D eigenvalue weighted by molar-refractivity contribution is 7.91. The first-order chi connectivity index (χ1) is 15.0. The van der Waals surface area contributed by atoms with E-state index in [-0.39, 0.29) is 27.5 Å². The minimum atomic E-state index is -3.13. The van der Waals surface area contributed by atoms with Crippen molar-refractivity contribution in [2.45, 2.75) is 31.4 Å². The molecule has 1 amide bonds. The number of aromatic nitrogens is 2. The summed E-state index contributed by atoms with van der Waals surface area (Å²) in [5.74, 6) is -0.402.